The number of carboxylic acid groups (broad SMARTS) is 1. The first-order valence-corrected chi connectivity index (χ1v) is 17.2. The lowest BCUT2D eigenvalue weighted by Gasteiger charge is -2.26. The Kier molecular flexibility index (Phi) is 18.3. The van der Waals surface area contributed by atoms with Gasteiger partial charge in [-0.05, 0) is 42.9 Å². The number of rotatable bonds is 26. The number of halogens is 4. The van der Waals surface area contributed by atoms with E-state index in [1.54, 1.807) is 18.2 Å². The largest absolute Gasteiger partial charge is 0.544 e. The second-order valence-electron chi connectivity index (χ2n) is 12.3. The Hall–Kier alpha value is -3.17. The molecule has 2 aromatic rings. The van der Waals surface area contributed by atoms with Gasteiger partial charge in [-0.2, -0.15) is 17.6 Å². The number of hydrogen-bond donors (Lipinski definition) is 2. The number of para-hydroxylation sites is 1. The molecule has 1 aromatic carbocycles. The molecule has 0 bridgehead atoms. The van der Waals surface area contributed by atoms with E-state index in [1.165, 1.54) is 108 Å². The number of anilines is 1. The first-order chi connectivity index (χ1) is 22.1. The molecule has 6 nitrogen and oxygen atoms in total. The molecule has 0 unspecified atom stereocenters. The summed E-state index contributed by atoms with van der Waals surface area (Å²) in [5.41, 5.74) is 5.76. The molecular formula is C36H53F4N3O3. The van der Waals surface area contributed by atoms with E-state index < -0.39 is 23.7 Å². The number of amides is 1. The zero-order valence-electron chi connectivity index (χ0n) is 27.4. The fourth-order valence-corrected chi connectivity index (χ4v) is 5.46. The van der Waals surface area contributed by atoms with Crippen molar-refractivity contribution in [3.05, 3.63) is 59.9 Å². The minimum absolute atomic E-state index is 0.244. The van der Waals surface area contributed by atoms with E-state index in [0.29, 0.717) is 18.4 Å². The number of carboxylic acids is 1. The van der Waals surface area contributed by atoms with Crippen molar-refractivity contribution in [2.24, 2.45) is 0 Å². The average Bonchev–Trinajstić information content (AvgIpc) is 3.04. The number of hydrogen-bond acceptors (Lipinski definition) is 4. The molecule has 0 aliphatic rings. The van der Waals surface area contributed by atoms with Crippen LogP contribution in [0.3, 0.4) is 0 Å². The van der Waals surface area contributed by atoms with Gasteiger partial charge in [-0.3, -0.25) is 15.6 Å². The molecule has 1 aromatic heterocycles. The lowest BCUT2D eigenvalue weighted by molar-refractivity contribution is -0.697. The molecule has 0 aliphatic carbocycles. The van der Waals surface area contributed by atoms with Crippen LogP contribution in [0, 0.1) is 0 Å². The summed E-state index contributed by atoms with van der Waals surface area (Å²) in [5, 5.41) is 10.4. The van der Waals surface area contributed by atoms with Gasteiger partial charge < -0.3 is 9.90 Å². The molecular weight excluding hydrogens is 598 g/mol. The van der Waals surface area contributed by atoms with Crippen LogP contribution in [0.2, 0.25) is 0 Å². The number of nitrogens with one attached hydrogen (secondary N) is 2. The first-order valence-electron chi connectivity index (χ1n) is 17.2. The van der Waals surface area contributed by atoms with Crippen molar-refractivity contribution in [2.75, 3.05) is 5.43 Å². The van der Waals surface area contributed by atoms with Crippen molar-refractivity contribution in [1.82, 2.24) is 5.43 Å². The molecule has 46 heavy (non-hydrogen) atoms. The predicted octanol–water partition coefficient (Wildman–Crippen LogP) is 7.87. The summed E-state index contributed by atoms with van der Waals surface area (Å²) < 4.78 is 56.0. The van der Waals surface area contributed by atoms with Crippen LogP contribution in [0.15, 0.2) is 48.8 Å². The maximum atomic E-state index is 13.7. The summed E-state index contributed by atoms with van der Waals surface area (Å²) in [6, 6.07) is 10.7. The van der Waals surface area contributed by atoms with Crippen LogP contribution in [0.4, 0.5) is 23.2 Å². The lowest BCUT2D eigenvalue weighted by atomic mass is 10.0. The molecule has 1 heterocycles. The maximum absolute atomic E-state index is 13.7. The van der Waals surface area contributed by atoms with E-state index in [9.17, 15) is 32.3 Å². The second-order valence-corrected chi connectivity index (χ2v) is 12.3. The molecule has 0 saturated heterocycles. The van der Waals surface area contributed by atoms with Crippen LogP contribution in [0.5, 0.6) is 0 Å². The summed E-state index contributed by atoms with van der Waals surface area (Å²) in [5.74, 6) is -17.0. The molecule has 258 valence electrons. The summed E-state index contributed by atoms with van der Waals surface area (Å²) in [6.07, 6.45) is 27.7. The van der Waals surface area contributed by atoms with Crippen molar-refractivity contribution in [2.45, 2.75) is 147 Å². The summed E-state index contributed by atoms with van der Waals surface area (Å²) in [7, 11) is 0. The monoisotopic (exact) mass is 651 g/mol. The van der Waals surface area contributed by atoms with Crippen LogP contribution < -0.4 is 20.5 Å². The smallest absolute Gasteiger partial charge is 0.393 e. The van der Waals surface area contributed by atoms with Gasteiger partial charge in [-0.15, -0.1) is 0 Å². The Balaban J connectivity index is 1.58. The van der Waals surface area contributed by atoms with Crippen LogP contribution >= 0.6 is 0 Å². The Morgan fingerprint density at radius 1 is 0.674 bits per heavy atom. The lowest BCUT2D eigenvalue weighted by Crippen LogP contribution is -2.61. The van der Waals surface area contributed by atoms with Gasteiger partial charge in [0.1, 0.15) is 12.5 Å². The minimum Gasteiger partial charge on any atom is -0.544 e. The summed E-state index contributed by atoms with van der Waals surface area (Å²) in [4.78, 5) is 22.0. The molecule has 0 atom stereocenters. The number of aliphatic carboxylic acids is 1. The number of pyridine rings is 1. The van der Waals surface area contributed by atoms with E-state index in [4.69, 9.17) is 0 Å². The minimum atomic E-state index is -5.65. The van der Waals surface area contributed by atoms with Gasteiger partial charge >= 0.3 is 17.8 Å². The van der Waals surface area contributed by atoms with Crippen molar-refractivity contribution < 1.29 is 36.8 Å². The van der Waals surface area contributed by atoms with E-state index in [0.717, 1.165) is 24.9 Å². The maximum Gasteiger partial charge on any atom is 0.393 e. The van der Waals surface area contributed by atoms with Crippen LogP contribution in [0.25, 0.3) is 0 Å². The van der Waals surface area contributed by atoms with Gasteiger partial charge in [0.05, 0.1) is 5.69 Å². The normalized spacial score (nSPS) is 11.8. The Bertz CT molecular complexity index is 1150. The highest BCUT2D eigenvalue weighted by atomic mass is 19.3. The number of nitrogens with zero attached hydrogens (tertiary/aromatic N) is 1. The van der Waals surface area contributed by atoms with Crippen LogP contribution in [-0.4, -0.2) is 23.7 Å². The number of aryl methyl sites for hydroxylation is 3. The zero-order valence-corrected chi connectivity index (χ0v) is 27.4. The summed E-state index contributed by atoms with van der Waals surface area (Å²) >= 11 is 0. The second kappa shape index (κ2) is 21.6. The molecule has 10 heteroatoms. The third-order valence-electron chi connectivity index (χ3n) is 8.41. The number of benzene rings is 1. The van der Waals surface area contributed by atoms with Crippen molar-refractivity contribution in [3.8, 4) is 0 Å². The highest BCUT2D eigenvalue weighted by Gasteiger charge is 2.63. The molecule has 0 saturated carbocycles. The van der Waals surface area contributed by atoms with E-state index in [-0.39, 0.29) is 5.69 Å². The van der Waals surface area contributed by atoms with Gasteiger partial charge in [0.15, 0.2) is 12.4 Å². The van der Waals surface area contributed by atoms with Crippen LogP contribution in [-0.2, 0) is 29.0 Å². The van der Waals surface area contributed by atoms with E-state index >= 15 is 0 Å². The highest BCUT2D eigenvalue weighted by molar-refractivity contribution is 5.92. The van der Waals surface area contributed by atoms with E-state index in [2.05, 4.69) is 41.4 Å². The standard InChI is InChI=1S/C36H53F4N3O3/c1-2-3-4-5-6-7-8-9-10-11-12-13-14-15-16-19-27-43-28-25-30(26-29-43)21-20-23-31-22-17-18-24-32(31)41-42-33(44)35(37,38)36(39,40)34(45)46/h17-18,22,24-26,28-29,41H,2-16,19-21,23,27H2,1H3,(H-,42,44,45,46). The first kappa shape index (κ1) is 39.0. The van der Waals surface area contributed by atoms with Crippen molar-refractivity contribution in [3.63, 3.8) is 0 Å². The number of alkyl halides is 4. The average molecular weight is 652 g/mol. The van der Waals surface area contributed by atoms with Gasteiger partial charge in [-0.25, -0.2) is 4.57 Å². The molecule has 0 fully saturated rings. The molecule has 0 radical (unpaired) electrons. The number of aromatic nitrogens is 1. The van der Waals surface area contributed by atoms with Crippen LogP contribution in [0.1, 0.15) is 127 Å². The Morgan fingerprint density at radius 3 is 1.70 bits per heavy atom. The highest BCUT2D eigenvalue weighted by Crippen LogP contribution is 2.34. The topological polar surface area (TPSA) is 85.1 Å². The molecule has 0 spiro atoms. The fourth-order valence-electron chi connectivity index (χ4n) is 5.46. The van der Waals surface area contributed by atoms with Gasteiger partial charge in [-0.1, -0.05) is 115 Å². The number of carbonyl (C=O) groups is 2. The van der Waals surface area contributed by atoms with Crippen molar-refractivity contribution in [1.29, 1.82) is 0 Å². The zero-order chi connectivity index (χ0) is 33.7. The molecule has 2 rings (SSSR count). The number of carbonyl (C=O) groups excluding carboxylic acids is 2. The molecule has 2 N–H and O–H groups in total. The molecule has 0 aliphatic heterocycles. The predicted molar refractivity (Wildman–Crippen MR) is 171 cm³/mol. The van der Waals surface area contributed by atoms with Gasteiger partial charge in [0, 0.05) is 18.6 Å². The number of hydrazine groups is 1. The third kappa shape index (κ3) is 14.1. The molecule has 1 amide bonds. The van der Waals surface area contributed by atoms with E-state index in [1.807, 2.05) is 0 Å². The Labute approximate surface area is 272 Å². The van der Waals surface area contributed by atoms with Crippen molar-refractivity contribution >= 4 is 17.6 Å². The number of unbranched alkanes of at least 4 members (excludes halogenated alkanes) is 15. The Morgan fingerprint density at radius 2 is 1.17 bits per heavy atom. The van der Waals surface area contributed by atoms with Gasteiger partial charge in [0.2, 0.25) is 0 Å². The SMILES string of the molecule is CCCCCCCCCCCCCCCCCC[n+]1ccc(CCCc2ccccc2NNC(=O)C(F)(F)C(F)(F)C(=O)[O-])cc1. The summed E-state index contributed by atoms with van der Waals surface area (Å²) in [6.45, 7) is 3.25. The fraction of sp³-hybridized carbons (Fsp3) is 0.639. The quantitative estimate of drug-likeness (QED) is 0.0469. The van der Waals surface area contributed by atoms with Gasteiger partial charge in [0.25, 0.3) is 0 Å². The third-order valence-corrected chi connectivity index (χ3v) is 8.41.